The van der Waals surface area contributed by atoms with Crippen molar-refractivity contribution in [1.29, 1.82) is 0 Å². The molecule has 0 radical (unpaired) electrons. The Kier molecular flexibility index (Phi) is 3.40. The van der Waals surface area contributed by atoms with Gasteiger partial charge in [-0.2, -0.15) is 0 Å². The lowest BCUT2D eigenvalue weighted by molar-refractivity contribution is 0.155. The summed E-state index contributed by atoms with van der Waals surface area (Å²) in [5.74, 6) is 1.31. The van der Waals surface area contributed by atoms with Crippen LogP contribution in [0.4, 0.5) is 0 Å². The van der Waals surface area contributed by atoms with Crippen molar-refractivity contribution in [3.63, 3.8) is 0 Å². The molecule has 1 fully saturated rings. The lowest BCUT2D eigenvalue weighted by Crippen LogP contribution is -2.45. The lowest BCUT2D eigenvalue weighted by Gasteiger charge is -2.32. The van der Waals surface area contributed by atoms with E-state index in [9.17, 15) is 5.11 Å². The van der Waals surface area contributed by atoms with E-state index in [4.69, 9.17) is 0 Å². The maximum absolute atomic E-state index is 9.75. The number of fused-ring (bicyclic) bond motifs is 1. The largest absolute Gasteiger partial charge is 0.506 e. The van der Waals surface area contributed by atoms with E-state index in [0.29, 0.717) is 5.75 Å². The molecule has 1 aliphatic rings. The summed E-state index contributed by atoms with van der Waals surface area (Å²) >= 11 is 0. The summed E-state index contributed by atoms with van der Waals surface area (Å²) in [6.07, 6.45) is 4.62. The third kappa shape index (κ3) is 2.57. The molecule has 5 nitrogen and oxygen atoms in total. The number of rotatable bonds is 3. The maximum Gasteiger partial charge on any atom is 0.141 e. The highest BCUT2D eigenvalue weighted by Crippen LogP contribution is 2.18. The van der Waals surface area contributed by atoms with Crippen LogP contribution >= 0.6 is 0 Å². The van der Waals surface area contributed by atoms with Gasteiger partial charge in [0.25, 0.3) is 0 Å². The van der Waals surface area contributed by atoms with Gasteiger partial charge in [-0.1, -0.05) is 0 Å². The highest BCUT2D eigenvalue weighted by molar-refractivity contribution is 5.58. The standard InChI is InChI=1S/C14H20N4O/c1-16-7-9-17(10-8-16)6-4-14-15-11-12-13(19)3-2-5-18(12)14/h2-3,5,11,19H,4,6-10H2,1H3. The molecule has 0 atom stereocenters. The van der Waals surface area contributed by atoms with Gasteiger partial charge in [0.2, 0.25) is 0 Å². The molecule has 0 spiro atoms. The first-order valence-electron chi connectivity index (χ1n) is 6.79. The number of aromatic hydroxyl groups is 1. The Morgan fingerprint density at radius 1 is 1.26 bits per heavy atom. The first kappa shape index (κ1) is 12.4. The fourth-order valence-electron chi connectivity index (χ4n) is 2.58. The number of aromatic nitrogens is 2. The summed E-state index contributed by atoms with van der Waals surface area (Å²) < 4.78 is 1.98. The van der Waals surface area contributed by atoms with Gasteiger partial charge in [0.05, 0.1) is 6.20 Å². The van der Waals surface area contributed by atoms with Gasteiger partial charge >= 0.3 is 0 Å². The molecule has 102 valence electrons. The van der Waals surface area contributed by atoms with E-state index in [0.717, 1.165) is 50.5 Å². The van der Waals surface area contributed by atoms with Gasteiger partial charge in [0.15, 0.2) is 0 Å². The average Bonchev–Trinajstić information content (AvgIpc) is 2.83. The first-order valence-corrected chi connectivity index (χ1v) is 6.79. The molecular formula is C14H20N4O. The molecule has 19 heavy (non-hydrogen) atoms. The predicted octanol–water partition coefficient (Wildman–Crippen LogP) is 0.830. The second-order valence-corrected chi connectivity index (χ2v) is 5.22. The molecule has 0 saturated carbocycles. The number of hydrogen-bond donors (Lipinski definition) is 1. The summed E-state index contributed by atoms with van der Waals surface area (Å²) in [6.45, 7) is 5.57. The molecule has 5 heteroatoms. The highest BCUT2D eigenvalue weighted by atomic mass is 16.3. The molecule has 1 saturated heterocycles. The third-order valence-corrected chi connectivity index (χ3v) is 3.87. The minimum atomic E-state index is 0.292. The Labute approximate surface area is 113 Å². The van der Waals surface area contributed by atoms with E-state index >= 15 is 0 Å². The van der Waals surface area contributed by atoms with Crippen LogP contribution in [0.2, 0.25) is 0 Å². The second-order valence-electron chi connectivity index (χ2n) is 5.22. The van der Waals surface area contributed by atoms with Crippen LogP contribution in [0.25, 0.3) is 5.52 Å². The fourth-order valence-corrected chi connectivity index (χ4v) is 2.58. The van der Waals surface area contributed by atoms with Gasteiger partial charge in [-0.15, -0.1) is 0 Å². The zero-order chi connectivity index (χ0) is 13.2. The lowest BCUT2D eigenvalue weighted by atomic mass is 10.3. The molecule has 1 N–H and O–H groups in total. The minimum absolute atomic E-state index is 0.292. The molecule has 3 heterocycles. The topological polar surface area (TPSA) is 44.0 Å². The van der Waals surface area contributed by atoms with Crippen molar-refractivity contribution >= 4 is 5.52 Å². The molecule has 0 aliphatic carbocycles. The Bertz CT molecular complexity index is 558. The zero-order valence-corrected chi connectivity index (χ0v) is 11.3. The molecule has 3 rings (SSSR count). The molecular weight excluding hydrogens is 240 g/mol. The van der Waals surface area contributed by atoms with Crippen LogP contribution in [0, 0.1) is 0 Å². The molecule has 0 unspecified atom stereocenters. The molecule has 0 bridgehead atoms. The first-order chi connectivity index (χ1) is 9.24. The van der Waals surface area contributed by atoms with Crippen LogP contribution in [0.3, 0.4) is 0 Å². The fraction of sp³-hybridized carbons (Fsp3) is 0.500. The van der Waals surface area contributed by atoms with Gasteiger partial charge < -0.3 is 19.3 Å². The smallest absolute Gasteiger partial charge is 0.141 e. The normalized spacial score (nSPS) is 18.2. The van der Waals surface area contributed by atoms with Crippen molar-refractivity contribution < 1.29 is 5.11 Å². The van der Waals surface area contributed by atoms with Crippen molar-refractivity contribution in [2.24, 2.45) is 0 Å². The van der Waals surface area contributed by atoms with E-state index in [1.54, 1.807) is 12.3 Å². The Balaban J connectivity index is 1.67. The minimum Gasteiger partial charge on any atom is -0.506 e. The SMILES string of the molecule is CN1CCN(CCc2ncc3c(O)cccn23)CC1. The van der Waals surface area contributed by atoms with Crippen molar-refractivity contribution in [3.05, 3.63) is 30.4 Å². The van der Waals surface area contributed by atoms with E-state index in [1.165, 1.54) is 0 Å². The number of imidazole rings is 1. The van der Waals surface area contributed by atoms with Crippen LogP contribution in [0.1, 0.15) is 5.82 Å². The van der Waals surface area contributed by atoms with Crippen LogP contribution in [-0.4, -0.2) is 64.1 Å². The van der Waals surface area contributed by atoms with Crippen LogP contribution in [0.5, 0.6) is 5.75 Å². The quantitative estimate of drug-likeness (QED) is 0.888. The summed E-state index contributed by atoms with van der Waals surface area (Å²) in [5.41, 5.74) is 0.788. The number of likely N-dealkylation sites (N-methyl/N-ethyl adjacent to an activating group) is 1. The van der Waals surface area contributed by atoms with Gasteiger partial charge in [0, 0.05) is 45.3 Å². The monoisotopic (exact) mass is 260 g/mol. The summed E-state index contributed by atoms with van der Waals surface area (Å²) in [6, 6.07) is 3.55. The van der Waals surface area contributed by atoms with Crippen molar-refractivity contribution in [1.82, 2.24) is 19.2 Å². The van der Waals surface area contributed by atoms with E-state index in [1.807, 2.05) is 16.7 Å². The average molecular weight is 260 g/mol. The van der Waals surface area contributed by atoms with Crippen LogP contribution in [0.15, 0.2) is 24.5 Å². The molecule has 0 amide bonds. The number of piperazine rings is 1. The summed E-state index contributed by atoms with van der Waals surface area (Å²) in [7, 11) is 2.17. The van der Waals surface area contributed by atoms with Crippen molar-refractivity contribution in [3.8, 4) is 5.75 Å². The molecule has 1 aliphatic heterocycles. The maximum atomic E-state index is 9.75. The Morgan fingerprint density at radius 2 is 2.05 bits per heavy atom. The number of pyridine rings is 1. The van der Waals surface area contributed by atoms with Gasteiger partial charge in [-0.05, 0) is 19.2 Å². The van der Waals surface area contributed by atoms with Crippen LogP contribution < -0.4 is 0 Å². The number of hydrogen-bond acceptors (Lipinski definition) is 4. The Morgan fingerprint density at radius 3 is 2.84 bits per heavy atom. The van der Waals surface area contributed by atoms with E-state index in [2.05, 4.69) is 21.8 Å². The molecule has 0 aromatic carbocycles. The molecule has 2 aromatic rings. The summed E-state index contributed by atoms with van der Waals surface area (Å²) in [4.78, 5) is 9.26. The number of nitrogens with zero attached hydrogens (tertiary/aromatic N) is 4. The van der Waals surface area contributed by atoms with Gasteiger partial charge in [-0.25, -0.2) is 4.98 Å². The Hall–Kier alpha value is -1.59. The highest BCUT2D eigenvalue weighted by Gasteiger charge is 2.14. The van der Waals surface area contributed by atoms with Gasteiger partial charge in [0.1, 0.15) is 17.1 Å². The summed E-state index contributed by atoms with van der Waals surface area (Å²) in [5, 5.41) is 9.75. The third-order valence-electron chi connectivity index (χ3n) is 3.87. The van der Waals surface area contributed by atoms with Crippen molar-refractivity contribution in [2.45, 2.75) is 6.42 Å². The second kappa shape index (κ2) is 5.19. The van der Waals surface area contributed by atoms with E-state index in [-0.39, 0.29) is 0 Å². The molecule has 2 aromatic heterocycles. The van der Waals surface area contributed by atoms with Crippen molar-refractivity contribution in [2.75, 3.05) is 39.8 Å². The zero-order valence-electron chi connectivity index (χ0n) is 11.3. The van der Waals surface area contributed by atoms with E-state index < -0.39 is 0 Å². The van der Waals surface area contributed by atoms with Crippen LogP contribution in [-0.2, 0) is 6.42 Å². The predicted molar refractivity (Wildman–Crippen MR) is 74.5 cm³/mol. The van der Waals surface area contributed by atoms with Gasteiger partial charge in [-0.3, -0.25) is 0 Å².